The van der Waals surface area contributed by atoms with Crippen LogP contribution in [-0.2, 0) is 14.6 Å². The second-order valence-corrected chi connectivity index (χ2v) is 10.0. The number of anilines is 2. The maximum Gasteiger partial charge on any atom is 0.236 e. The highest BCUT2D eigenvalue weighted by Gasteiger charge is 2.26. The first kappa shape index (κ1) is 21.5. The van der Waals surface area contributed by atoms with Crippen LogP contribution in [0.1, 0.15) is 18.4 Å². The summed E-state index contributed by atoms with van der Waals surface area (Å²) in [5.74, 6) is 0.542. The van der Waals surface area contributed by atoms with E-state index in [4.69, 9.17) is 5.73 Å². The van der Waals surface area contributed by atoms with Crippen molar-refractivity contribution >= 4 is 27.5 Å². The van der Waals surface area contributed by atoms with Crippen LogP contribution in [0.2, 0.25) is 0 Å². The number of rotatable bonds is 5. The summed E-state index contributed by atoms with van der Waals surface area (Å²) in [6, 6.07) is 6.60. The van der Waals surface area contributed by atoms with E-state index in [9.17, 15) is 13.2 Å². The third-order valence-corrected chi connectivity index (χ3v) is 7.65. The molecule has 10 heteroatoms. The summed E-state index contributed by atoms with van der Waals surface area (Å²) < 4.78 is 25.8. The third kappa shape index (κ3) is 4.64. The molecule has 1 amide bonds. The fourth-order valence-corrected chi connectivity index (χ4v) is 5.20. The molecule has 166 valence electrons. The van der Waals surface area contributed by atoms with Crippen LogP contribution in [0.5, 0.6) is 0 Å². The Kier molecular flexibility index (Phi) is 6.10. The smallest absolute Gasteiger partial charge is 0.236 e. The molecule has 3 heterocycles. The van der Waals surface area contributed by atoms with E-state index in [-0.39, 0.29) is 21.5 Å². The standard InChI is InChI=1S/C21H28N6O3S/c1-16-4-6-17(7-5-16)31(29,30)18-14-23-21(24-20(18)22)27-12-10-25(11-13-27)15-19(28)26-8-2-3-9-26/h4-7,14H,2-3,8-13,15H2,1H3,(H2,22,23,24). The van der Waals surface area contributed by atoms with Crippen LogP contribution >= 0.6 is 0 Å². The molecule has 1 aromatic heterocycles. The lowest BCUT2D eigenvalue weighted by molar-refractivity contribution is -0.131. The van der Waals surface area contributed by atoms with E-state index in [1.54, 1.807) is 24.3 Å². The van der Waals surface area contributed by atoms with Crippen LogP contribution in [0, 0.1) is 6.92 Å². The number of benzene rings is 1. The van der Waals surface area contributed by atoms with Crippen LogP contribution in [0.3, 0.4) is 0 Å². The Labute approximate surface area is 182 Å². The van der Waals surface area contributed by atoms with E-state index >= 15 is 0 Å². The van der Waals surface area contributed by atoms with Crippen molar-refractivity contribution in [1.82, 2.24) is 19.8 Å². The molecule has 0 atom stereocenters. The lowest BCUT2D eigenvalue weighted by Gasteiger charge is -2.35. The lowest BCUT2D eigenvalue weighted by atomic mass is 10.2. The summed E-state index contributed by atoms with van der Waals surface area (Å²) >= 11 is 0. The van der Waals surface area contributed by atoms with Crippen molar-refractivity contribution in [3.8, 4) is 0 Å². The van der Waals surface area contributed by atoms with Crippen LogP contribution in [0.4, 0.5) is 11.8 Å². The van der Waals surface area contributed by atoms with E-state index in [1.807, 2.05) is 16.7 Å². The highest BCUT2D eigenvalue weighted by molar-refractivity contribution is 7.91. The van der Waals surface area contributed by atoms with E-state index in [1.165, 1.54) is 6.20 Å². The fraction of sp³-hybridized carbons (Fsp3) is 0.476. The molecule has 4 rings (SSSR count). The van der Waals surface area contributed by atoms with Gasteiger partial charge in [0.15, 0.2) is 0 Å². The predicted molar refractivity (Wildman–Crippen MR) is 118 cm³/mol. The number of amides is 1. The lowest BCUT2D eigenvalue weighted by Crippen LogP contribution is -2.50. The van der Waals surface area contributed by atoms with Gasteiger partial charge in [-0.1, -0.05) is 17.7 Å². The number of aryl methyl sites for hydroxylation is 1. The Morgan fingerprint density at radius 1 is 1.03 bits per heavy atom. The van der Waals surface area contributed by atoms with Gasteiger partial charge in [-0.25, -0.2) is 13.4 Å². The van der Waals surface area contributed by atoms with Crippen molar-refractivity contribution in [2.24, 2.45) is 0 Å². The first-order chi connectivity index (χ1) is 14.8. The summed E-state index contributed by atoms with van der Waals surface area (Å²) in [7, 11) is -3.78. The molecule has 0 bridgehead atoms. The minimum Gasteiger partial charge on any atom is -0.382 e. The molecule has 2 aliphatic rings. The second-order valence-electron chi connectivity index (χ2n) is 8.09. The minimum atomic E-state index is -3.78. The van der Waals surface area contributed by atoms with E-state index in [0.29, 0.717) is 38.7 Å². The summed E-state index contributed by atoms with van der Waals surface area (Å²) in [4.78, 5) is 27.0. The molecule has 0 saturated carbocycles. The maximum absolute atomic E-state index is 12.9. The van der Waals surface area contributed by atoms with Gasteiger partial charge in [-0.2, -0.15) is 4.98 Å². The van der Waals surface area contributed by atoms with E-state index in [2.05, 4.69) is 14.9 Å². The number of piperazine rings is 1. The SMILES string of the molecule is Cc1ccc(S(=O)(=O)c2cnc(N3CCN(CC(=O)N4CCCC4)CC3)nc2N)cc1. The molecule has 9 nitrogen and oxygen atoms in total. The molecule has 2 aliphatic heterocycles. The van der Waals surface area contributed by atoms with Crippen LogP contribution in [-0.4, -0.2) is 79.9 Å². The Hall–Kier alpha value is -2.72. The van der Waals surface area contributed by atoms with Crippen molar-refractivity contribution in [3.63, 3.8) is 0 Å². The van der Waals surface area contributed by atoms with Gasteiger partial charge < -0.3 is 15.5 Å². The number of nitrogen functional groups attached to an aromatic ring is 1. The highest BCUT2D eigenvalue weighted by atomic mass is 32.2. The Balaban J connectivity index is 1.40. The van der Waals surface area contributed by atoms with Crippen molar-refractivity contribution in [2.45, 2.75) is 29.6 Å². The zero-order valence-corrected chi connectivity index (χ0v) is 18.5. The predicted octanol–water partition coefficient (Wildman–Crippen LogP) is 0.944. The zero-order valence-electron chi connectivity index (χ0n) is 17.7. The number of sulfone groups is 1. The van der Waals surface area contributed by atoms with Gasteiger partial charge in [-0.05, 0) is 31.9 Å². The number of aromatic nitrogens is 2. The average molecular weight is 445 g/mol. The van der Waals surface area contributed by atoms with Crippen molar-refractivity contribution in [1.29, 1.82) is 0 Å². The van der Waals surface area contributed by atoms with E-state index in [0.717, 1.165) is 31.5 Å². The molecule has 0 radical (unpaired) electrons. The van der Waals surface area contributed by atoms with Crippen LogP contribution in [0.15, 0.2) is 40.3 Å². The largest absolute Gasteiger partial charge is 0.382 e. The number of likely N-dealkylation sites (tertiary alicyclic amines) is 1. The first-order valence-corrected chi connectivity index (χ1v) is 12.0. The molecule has 0 spiro atoms. The molecule has 1 aromatic carbocycles. The van der Waals surface area contributed by atoms with Gasteiger partial charge in [0, 0.05) is 39.3 Å². The molecule has 31 heavy (non-hydrogen) atoms. The van der Waals surface area contributed by atoms with Gasteiger partial charge in [-0.15, -0.1) is 0 Å². The number of nitrogens with zero attached hydrogens (tertiary/aromatic N) is 5. The Morgan fingerprint density at radius 2 is 1.68 bits per heavy atom. The zero-order chi connectivity index (χ0) is 22.0. The van der Waals surface area contributed by atoms with Crippen molar-refractivity contribution in [2.75, 3.05) is 56.4 Å². The first-order valence-electron chi connectivity index (χ1n) is 10.5. The second kappa shape index (κ2) is 8.80. The number of carbonyl (C=O) groups excluding carboxylic acids is 1. The third-order valence-electron chi connectivity index (χ3n) is 5.86. The van der Waals surface area contributed by atoms with Gasteiger partial charge in [-0.3, -0.25) is 9.69 Å². The fourth-order valence-electron chi connectivity index (χ4n) is 3.94. The number of hydrogen-bond acceptors (Lipinski definition) is 8. The summed E-state index contributed by atoms with van der Waals surface area (Å²) in [5.41, 5.74) is 7.00. The molecular formula is C21H28N6O3S. The topological polar surface area (TPSA) is 113 Å². The Bertz CT molecular complexity index is 1040. The van der Waals surface area contributed by atoms with Gasteiger partial charge >= 0.3 is 0 Å². The quantitative estimate of drug-likeness (QED) is 0.725. The van der Waals surface area contributed by atoms with Gasteiger partial charge in [0.2, 0.25) is 21.7 Å². The maximum atomic E-state index is 12.9. The molecule has 2 N–H and O–H groups in total. The summed E-state index contributed by atoms with van der Waals surface area (Å²) in [6.07, 6.45) is 3.47. The van der Waals surface area contributed by atoms with Crippen LogP contribution in [0.25, 0.3) is 0 Å². The highest BCUT2D eigenvalue weighted by Crippen LogP contribution is 2.26. The molecule has 2 fully saturated rings. The summed E-state index contributed by atoms with van der Waals surface area (Å²) in [6.45, 7) is 6.79. The van der Waals surface area contributed by atoms with Gasteiger partial charge in [0.1, 0.15) is 10.7 Å². The number of hydrogen-bond donors (Lipinski definition) is 1. The van der Waals surface area contributed by atoms with Gasteiger partial charge in [0.05, 0.1) is 17.6 Å². The number of carbonyl (C=O) groups is 1. The van der Waals surface area contributed by atoms with E-state index < -0.39 is 9.84 Å². The Morgan fingerprint density at radius 3 is 2.29 bits per heavy atom. The number of nitrogens with two attached hydrogens (primary N) is 1. The average Bonchev–Trinajstić information content (AvgIpc) is 3.29. The molecule has 2 aromatic rings. The molecule has 0 aliphatic carbocycles. The minimum absolute atomic E-state index is 0.0581. The monoisotopic (exact) mass is 444 g/mol. The molecule has 2 saturated heterocycles. The molecule has 0 unspecified atom stereocenters. The normalized spacial score (nSPS) is 17.8. The van der Waals surface area contributed by atoms with Crippen LogP contribution < -0.4 is 10.6 Å². The summed E-state index contributed by atoms with van der Waals surface area (Å²) in [5, 5.41) is 0. The molecular weight excluding hydrogens is 416 g/mol. The van der Waals surface area contributed by atoms with Crippen molar-refractivity contribution in [3.05, 3.63) is 36.0 Å². The van der Waals surface area contributed by atoms with Gasteiger partial charge in [0.25, 0.3) is 0 Å². The van der Waals surface area contributed by atoms with Crippen molar-refractivity contribution < 1.29 is 13.2 Å².